The van der Waals surface area contributed by atoms with Crippen LogP contribution in [0.3, 0.4) is 0 Å². The average Bonchev–Trinajstić information content (AvgIpc) is 3.08. The minimum absolute atomic E-state index is 0.0497. The Morgan fingerprint density at radius 3 is 2.74 bits per heavy atom. The average molecular weight is 285 g/mol. The molecule has 0 saturated heterocycles. The lowest BCUT2D eigenvalue weighted by Crippen LogP contribution is -2.52. The topological polar surface area (TPSA) is 38.3 Å². The maximum absolute atomic E-state index is 12.1. The van der Waals surface area contributed by atoms with Crippen molar-refractivity contribution in [3.8, 4) is 0 Å². The number of rotatable bonds is 7. The molecule has 2 aliphatic rings. The second-order valence-corrected chi connectivity index (χ2v) is 7.82. The molecule has 2 atom stereocenters. The van der Waals surface area contributed by atoms with Crippen molar-refractivity contribution in [1.29, 1.82) is 0 Å². The first-order valence-electron chi connectivity index (χ1n) is 7.53. The molecule has 2 aliphatic carbocycles. The van der Waals surface area contributed by atoms with Crippen LogP contribution in [0, 0.1) is 5.92 Å². The van der Waals surface area contributed by atoms with Gasteiger partial charge in [0.1, 0.15) is 5.54 Å². The molecule has 0 amide bonds. The zero-order valence-corrected chi connectivity index (χ0v) is 13.2. The first-order chi connectivity index (χ1) is 9.05. The molecule has 0 bridgehead atoms. The van der Waals surface area contributed by atoms with Gasteiger partial charge in [0.15, 0.2) is 0 Å². The lowest BCUT2D eigenvalue weighted by molar-refractivity contribution is -0.148. The van der Waals surface area contributed by atoms with Crippen molar-refractivity contribution >= 4 is 17.7 Å². The zero-order chi connectivity index (χ0) is 13.9. The van der Waals surface area contributed by atoms with Gasteiger partial charge in [-0.15, -0.1) is 0 Å². The van der Waals surface area contributed by atoms with Crippen LogP contribution >= 0.6 is 11.8 Å². The third-order valence-corrected chi connectivity index (χ3v) is 5.50. The fourth-order valence-electron chi connectivity index (χ4n) is 2.80. The third kappa shape index (κ3) is 4.12. The number of methoxy groups -OCH3 is 1. The molecule has 4 heteroatoms. The largest absolute Gasteiger partial charge is 0.468 e. The maximum Gasteiger partial charge on any atom is 0.326 e. The van der Waals surface area contributed by atoms with E-state index in [0.717, 1.165) is 25.2 Å². The van der Waals surface area contributed by atoms with E-state index < -0.39 is 0 Å². The first kappa shape index (κ1) is 15.2. The molecule has 0 heterocycles. The van der Waals surface area contributed by atoms with Gasteiger partial charge in [0, 0.05) is 11.3 Å². The van der Waals surface area contributed by atoms with Crippen LogP contribution in [-0.2, 0) is 9.53 Å². The van der Waals surface area contributed by atoms with Gasteiger partial charge in [-0.25, -0.2) is 0 Å². The van der Waals surface area contributed by atoms with E-state index in [1.165, 1.54) is 32.1 Å². The van der Waals surface area contributed by atoms with E-state index in [1.807, 2.05) is 11.8 Å². The van der Waals surface area contributed by atoms with Gasteiger partial charge in [-0.1, -0.05) is 13.8 Å². The Morgan fingerprint density at radius 1 is 1.42 bits per heavy atom. The van der Waals surface area contributed by atoms with E-state index >= 15 is 0 Å². The van der Waals surface area contributed by atoms with Crippen molar-refractivity contribution in [3.05, 3.63) is 0 Å². The summed E-state index contributed by atoms with van der Waals surface area (Å²) in [5, 5.41) is 4.17. The third-order valence-electron chi connectivity index (χ3n) is 4.15. The van der Waals surface area contributed by atoms with E-state index in [9.17, 15) is 4.79 Å². The normalized spacial score (nSPS) is 30.8. The molecular weight excluding hydrogens is 258 g/mol. The van der Waals surface area contributed by atoms with E-state index in [1.54, 1.807) is 0 Å². The molecule has 3 nitrogen and oxygen atoms in total. The van der Waals surface area contributed by atoms with Gasteiger partial charge in [-0.2, -0.15) is 11.8 Å². The Labute approximate surface area is 121 Å². The lowest BCUT2D eigenvalue weighted by Gasteiger charge is -2.28. The molecule has 1 N–H and O–H groups in total. The van der Waals surface area contributed by atoms with Gasteiger partial charge < -0.3 is 4.74 Å². The van der Waals surface area contributed by atoms with Crippen molar-refractivity contribution in [3.63, 3.8) is 0 Å². The molecule has 2 saturated carbocycles. The summed E-state index contributed by atoms with van der Waals surface area (Å²) in [5.41, 5.74) is -0.384. The van der Waals surface area contributed by atoms with Crippen LogP contribution in [0.25, 0.3) is 0 Å². The number of hydrogen-bond donors (Lipinski definition) is 1. The summed E-state index contributed by atoms with van der Waals surface area (Å²) in [7, 11) is 1.51. The number of esters is 1. The van der Waals surface area contributed by atoms with Gasteiger partial charge in [0.05, 0.1) is 7.11 Å². The summed E-state index contributed by atoms with van der Waals surface area (Å²) in [4.78, 5) is 12.1. The highest BCUT2D eigenvalue weighted by atomic mass is 32.2. The van der Waals surface area contributed by atoms with Crippen LogP contribution < -0.4 is 5.32 Å². The van der Waals surface area contributed by atoms with Crippen LogP contribution in [-0.4, -0.2) is 35.7 Å². The van der Waals surface area contributed by atoms with E-state index in [0.29, 0.717) is 11.3 Å². The van der Waals surface area contributed by atoms with Crippen molar-refractivity contribution in [2.75, 3.05) is 12.9 Å². The molecule has 0 aromatic heterocycles. The smallest absolute Gasteiger partial charge is 0.326 e. The fraction of sp³-hybridized carbons (Fsp3) is 0.933. The van der Waals surface area contributed by atoms with E-state index in [2.05, 4.69) is 19.2 Å². The number of hydrogen-bond acceptors (Lipinski definition) is 4. The van der Waals surface area contributed by atoms with Crippen molar-refractivity contribution in [2.45, 2.75) is 69.2 Å². The molecule has 2 fully saturated rings. The fourth-order valence-corrected chi connectivity index (χ4v) is 4.43. The Kier molecular flexibility index (Phi) is 5.18. The number of nitrogens with one attached hydrogen (secondary N) is 1. The molecule has 0 aromatic carbocycles. The molecule has 19 heavy (non-hydrogen) atoms. The maximum atomic E-state index is 12.1. The summed E-state index contributed by atoms with van der Waals surface area (Å²) in [6.07, 6.45) is 6.71. The number of thioether (sulfide) groups is 1. The molecule has 2 unspecified atom stereocenters. The quantitative estimate of drug-likeness (QED) is 0.730. The van der Waals surface area contributed by atoms with Crippen LogP contribution in [0.1, 0.15) is 52.4 Å². The van der Waals surface area contributed by atoms with Crippen molar-refractivity contribution in [1.82, 2.24) is 5.32 Å². The summed E-state index contributed by atoms with van der Waals surface area (Å²) >= 11 is 2.04. The van der Waals surface area contributed by atoms with Gasteiger partial charge in [-0.3, -0.25) is 10.1 Å². The standard InChI is InChI=1S/C15H27NO2S/c1-11(2)7-9-19-13-6-8-15(10-13,14(17)18-3)16-12-4-5-12/h11-13,16H,4-10H2,1-3H3. The van der Waals surface area contributed by atoms with Gasteiger partial charge in [0.2, 0.25) is 0 Å². The predicted molar refractivity (Wildman–Crippen MR) is 80.5 cm³/mol. The van der Waals surface area contributed by atoms with Crippen LogP contribution in [0.15, 0.2) is 0 Å². The van der Waals surface area contributed by atoms with Crippen molar-refractivity contribution < 1.29 is 9.53 Å². The monoisotopic (exact) mass is 285 g/mol. The summed E-state index contributed by atoms with van der Waals surface area (Å²) in [5.74, 6) is 1.93. The number of carbonyl (C=O) groups is 1. The van der Waals surface area contributed by atoms with Crippen LogP contribution in [0.4, 0.5) is 0 Å². The van der Waals surface area contributed by atoms with Gasteiger partial charge in [-0.05, 0) is 50.2 Å². The highest BCUT2D eigenvalue weighted by molar-refractivity contribution is 7.99. The van der Waals surface area contributed by atoms with E-state index in [4.69, 9.17) is 4.74 Å². The Balaban J connectivity index is 1.85. The molecule has 2 rings (SSSR count). The highest BCUT2D eigenvalue weighted by Gasteiger charge is 2.48. The molecule has 0 radical (unpaired) electrons. The van der Waals surface area contributed by atoms with Gasteiger partial charge >= 0.3 is 5.97 Å². The van der Waals surface area contributed by atoms with Crippen LogP contribution in [0.2, 0.25) is 0 Å². The number of carbonyl (C=O) groups excluding carboxylic acids is 1. The minimum Gasteiger partial charge on any atom is -0.468 e. The molecule has 0 aromatic rings. The molecule has 0 spiro atoms. The molecule has 0 aliphatic heterocycles. The molecule has 110 valence electrons. The van der Waals surface area contributed by atoms with Crippen LogP contribution in [0.5, 0.6) is 0 Å². The summed E-state index contributed by atoms with van der Waals surface area (Å²) in [6, 6.07) is 0.554. The lowest BCUT2D eigenvalue weighted by atomic mass is 9.97. The Morgan fingerprint density at radius 2 is 2.16 bits per heavy atom. The van der Waals surface area contributed by atoms with E-state index in [-0.39, 0.29) is 11.5 Å². The van der Waals surface area contributed by atoms with Gasteiger partial charge in [0.25, 0.3) is 0 Å². The summed E-state index contributed by atoms with van der Waals surface area (Å²) in [6.45, 7) is 4.53. The highest BCUT2D eigenvalue weighted by Crippen LogP contribution is 2.40. The SMILES string of the molecule is COC(=O)C1(NC2CC2)CCC(SCCC(C)C)C1. The Hall–Kier alpha value is -0.220. The second-order valence-electron chi connectivity index (χ2n) is 6.41. The second kappa shape index (κ2) is 6.49. The van der Waals surface area contributed by atoms with Crippen molar-refractivity contribution in [2.24, 2.45) is 5.92 Å². The Bertz CT molecular complexity index is 317. The molecular formula is C15H27NO2S. The zero-order valence-electron chi connectivity index (χ0n) is 12.4. The summed E-state index contributed by atoms with van der Waals surface area (Å²) < 4.78 is 5.05. The number of ether oxygens (including phenoxy) is 1. The predicted octanol–water partition coefficient (Wildman–Crippen LogP) is 2.98. The first-order valence-corrected chi connectivity index (χ1v) is 8.58. The minimum atomic E-state index is -0.384.